The van der Waals surface area contributed by atoms with Gasteiger partial charge in [-0.1, -0.05) is 120 Å². The minimum absolute atomic E-state index is 0.0441. The van der Waals surface area contributed by atoms with Gasteiger partial charge in [-0.25, -0.2) is 9.59 Å². The molecular formula is C96H153Cl2N17O22S. The van der Waals surface area contributed by atoms with Crippen LogP contribution in [-0.4, -0.2) is 254 Å². The number of thiophene rings is 1. The molecule has 774 valence electrons. The first-order chi connectivity index (χ1) is 66.4. The lowest BCUT2D eigenvalue weighted by molar-refractivity contribution is -0.155. The Morgan fingerprint density at radius 3 is 1.14 bits per heavy atom. The highest BCUT2D eigenvalue weighted by molar-refractivity contribution is 7.10. The molecule has 0 saturated heterocycles. The van der Waals surface area contributed by atoms with E-state index in [1.807, 2.05) is 120 Å². The zero-order chi connectivity index (χ0) is 106. The molecule has 42 heteroatoms. The number of oxime groups is 17. The first kappa shape index (κ1) is 142. The van der Waals surface area contributed by atoms with Gasteiger partial charge in [-0.3, -0.25) is 4.79 Å². The standard InChI is InChI=1S/C11H13NO3.C11H11NOS.C6H11NO3.3C6H11NO.C5H8ClNO.C5H9NO2.4C5H9NO.C4H6ClNO.3C4H7NO.C4H5NO/c1-12-15-10(11(13)14-2)8-9-6-4-3-5-7-9;1-10(7-8-13-12-2)5-6-11-4-3-9-14-11;1-4-9-6(8)5(2)10-7-3;1-7-8-5-6-3-2-4-6;2*1-6(2)4-5-8-7-3;1-5(6)3-4-8-7-2;1-4(7)5(2)8-6-3;1-6-7-4-5-2-3-5;2*1-6-7-5-3-2-4-5;1-3-4-5-7-6-2;1-4(5)3-7-6-2;2*1-5-6-4-2-3-4;2*1-3-4-6-5-2/h3-7,10H,1,8H2,2H3;3-4,7,9H,2,8H2,1H3;5H,3-4H2,1-2H3;6H,1-5H2;2*4H,3,5H2,1-2H3;3H,2,4H2,1H3;5H,3H2,1-2H3;3*5H,1-4H2;3-4H,2,5H2,1H3;1-3H2;2*4H,1-3H2;3H,1-2,4H2;1H,2,4H2/b;10-7-;;;;;5-3-;;;;;4-3+;;;;;/t;;;;;;;5-;;;;;;;;;/m.......0........./s1. The molecule has 0 radical (unpaired) electrons. The van der Waals surface area contributed by atoms with E-state index in [1.165, 1.54) is 121 Å². The number of rotatable bonds is 49. The smallest absolute Gasteiger partial charge is 0.350 e. The van der Waals surface area contributed by atoms with Crippen LogP contribution in [0.2, 0.25) is 0 Å². The third kappa shape index (κ3) is 131. The highest BCUT2D eigenvalue weighted by Gasteiger charge is 2.25. The van der Waals surface area contributed by atoms with Crippen LogP contribution in [0.4, 0.5) is 0 Å². The molecule has 0 bridgehead atoms. The molecule has 2 unspecified atom stereocenters. The second-order valence-electron chi connectivity index (χ2n) is 27.0. The number of benzene rings is 1. The van der Waals surface area contributed by atoms with Crippen molar-refractivity contribution >= 4 is 166 Å². The number of carbonyl (C=O) groups excluding carboxylic acids is 3. The van der Waals surface area contributed by atoms with Gasteiger partial charge in [0.2, 0.25) is 12.2 Å². The number of hydrogen-bond donors (Lipinski definition) is 0. The number of hydrogen-bond acceptors (Lipinski definition) is 40. The predicted octanol–water partition coefficient (Wildman–Crippen LogP) is 20.2. The quantitative estimate of drug-likeness (QED) is 0.0148. The van der Waals surface area contributed by atoms with E-state index in [9.17, 15) is 14.4 Å². The molecule has 6 aliphatic carbocycles. The largest absolute Gasteiger partial charge is 0.466 e. The van der Waals surface area contributed by atoms with Crippen LogP contribution in [0.3, 0.4) is 0 Å². The molecule has 0 aliphatic heterocycles. The van der Waals surface area contributed by atoms with Crippen LogP contribution < -0.4 is 0 Å². The van der Waals surface area contributed by atoms with Crippen LogP contribution in [-0.2, 0) is 113 Å². The Labute approximate surface area is 833 Å². The molecule has 1 aromatic carbocycles. The second kappa shape index (κ2) is 118. The summed E-state index contributed by atoms with van der Waals surface area (Å²) in [5, 5.41) is 57.5. The molecule has 8 rings (SSSR count). The number of halogens is 2. The number of nitrogens with zero attached hydrogens (tertiary/aromatic N) is 17. The van der Waals surface area contributed by atoms with Crippen molar-refractivity contribution in [2.45, 2.75) is 222 Å². The molecule has 0 amide bonds. The first-order valence-electron chi connectivity index (χ1n) is 42.6. The molecule has 6 saturated carbocycles. The number of Topliss-reactive ketones (excluding diaryl/α,β-unsaturated/α-hetero) is 1. The van der Waals surface area contributed by atoms with E-state index in [0.717, 1.165) is 41.1 Å². The summed E-state index contributed by atoms with van der Waals surface area (Å²) in [7, 11) is 1.31. The fourth-order valence-electron chi connectivity index (χ4n) is 6.78. The van der Waals surface area contributed by atoms with Gasteiger partial charge in [0.25, 0.3) is 0 Å². The zero-order valence-electron chi connectivity index (χ0n) is 83.2. The van der Waals surface area contributed by atoms with Gasteiger partial charge < -0.3 is 91.7 Å². The molecule has 1 heterocycles. The summed E-state index contributed by atoms with van der Waals surface area (Å²) in [6, 6.07) is 13.5. The fourth-order valence-corrected chi connectivity index (χ4v) is 7.47. The van der Waals surface area contributed by atoms with E-state index < -0.39 is 30.3 Å². The van der Waals surface area contributed by atoms with Crippen molar-refractivity contribution in [2.75, 3.05) is 79.8 Å². The lowest BCUT2D eigenvalue weighted by Crippen LogP contribution is -2.26. The van der Waals surface area contributed by atoms with Gasteiger partial charge in [-0.15, -0.1) is 105 Å². The summed E-state index contributed by atoms with van der Waals surface area (Å²) in [6.07, 6.45) is 36.3. The van der Waals surface area contributed by atoms with Crippen molar-refractivity contribution < 1.29 is 106 Å². The Balaban J connectivity index is -0.000000184. The highest BCUT2D eigenvalue weighted by Crippen LogP contribution is 2.29. The molecule has 0 spiro atoms. The molecule has 3 atom stereocenters. The number of methoxy groups -OCH3 is 1. The zero-order valence-corrected chi connectivity index (χ0v) is 85.5. The van der Waals surface area contributed by atoms with Gasteiger partial charge in [0.1, 0.15) is 77.3 Å². The minimum atomic E-state index is -0.727. The van der Waals surface area contributed by atoms with Crippen LogP contribution in [0.5, 0.6) is 0 Å². The number of carbonyl (C=O) groups is 3. The Hall–Kier alpha value is -13.6. The number of ether oxygens (including phenoxy) is 2. The fraction of sp³-hybridized carbons (Fsp3) is 0.500. The third-order valence-electron chi connectivity index (χ3n) is 15.0. The van der Waals surface area contributed by atoms with Crippen LogP contribution in [0.15, 0.2) is 218 Å². The molecule has 1 aromatic heterocycles. The Bertz CT molecular complexity index is 3630. The summed E-state index contributed by atoms with van der Waals surface area (Å²) in [4.78, 5) is 111. The summed E-state index contributed by atoms with van der Waals surface area (Å²) in [5.74, 6) is 8.94. The average molecular weight is 2000 g/mol. The van der Waals surface area contributed by atoms with E-state index >= 15 is 0 Å². The maximum Gasteiger partial charge on any atom is 0.350 e. The Morgan fingerprint density at radius 2 is 0.870 bits per heavy atom. The van der Waals surface area contributed by atoms with Gasteiger partial charge in [-0.2, -0.15) is 0 Å². The SMILES string of the molecule is C#CCON=C.C=CCON=C.C=NOC(C)C(=O)OCC.C=NOC(Cc1ccccc1)C(=O)OC.C=NOC/C=C(/C)C#Cc1cccs1.C=NOC/C=C(/C)Cl.C=NOC/C=C/C.C=NOC1CC1.C=NOC1CC1.C=NOC1CCC1.C=NOC1CCC1.C=NOCC(=C)Cl.C=NOCC1CC1.C=NOCC1CCC1.C=NOCC=C(C)C.C=NOCC=C(C)C.C=NO[C@@H](C)C(C)=O. The lowest BCUT2D eigenvalue weighted by Gasteiger charge is -2.23. The number of ketones is 1. The van der Waals surface area contributed by atoms with E-state index in [-0.39, 0.29) is 19.0 Å². The third-order valence-corrected chi connectivity index (χ3v) is 16.0. The molecule has 0 N–H and O–H groups in total. The number of allylic oxidation sites excluding steroid dienone is 5. The van der Waals surface area contributed by atoms with E-state index in [0.29, 0.717) is 87.1 Å². The van der Waals surface area contributed by atoms with E-state index in [4.69, 9.17) is 53.8 Å². The van der Waals surface area contributed by atoms with Crippen molar-refractivity contribution in [2.24, 2.45) is 99.5 Å². The first-order valence-corrected chi connectivity index (χ1v) is 44.3. The van der Waals surface area contributed by atoms with E-state index in [1.54, 1.807) is 51.2 Å². The minimum Gasteiger partial charge on any atom is -0.466 e. The molecule has 138 heavy (non-hydrogen) atoms. The van der Waals surface area contributed by atoms with Gasteiger partial charge in [0, 0.05) is 126 Å². The summed E-state index contributed by atoms with van der Waals surface area (Å²) < 4.78 is 9.19. The molecular weight excluding hydrogens is 1850 g/mol. The monoisotopic (exact) mass is 2000 g/mol. The van der Waals surface area contributed by atoms with Crippen molar-refractivity contribution in [3.8, 4) is 24.2 Å². The van der Waals surface area contributed by atoms with Crippen LogP contribution in [0, 0.1) is 36.0 Å². The van der Waals surface area contributed by atoms with Crippen LogP contribution in [0.1, 0.15) is 183 Å². The molecule has 6 fully saturated rings. The predicted molar refractivity (Wildman–Crippen MR) is 565 cm³/mol. The summed E-state index contributed by atoms with van der Waals surface area (Å²) in [6.45, 7) is 85.4. The Kier molecular flexibility index (Phi) is 121. The molecule has 39 nitrogen and oxygen atoms in total. The number of terminal acetylenes is 1. The van der Waals surface area contributed by atoms with Gasteiger partial charge in [0.15, 0.2) is 25.1 Å². The maximum absolute atomic E-state index is 11.3. The van der Waals surface area contributed by atoms with Crippen molar-refractivity contribution in [3.63, 3.8) is 0 Å². The average Bonchev–Trinajstić information content (AvgIpc) is 1.29. The summed E-state index contributed by atoms with van der Waals surface area (Å²) >= 11 is 12.3. The topological polar surface area (TPSA) is 437 Å². The maximum atomic E-state index is 11.3. The lowest BCUT2D eigenvalue weighted by atomic mass is 9.86. The van der Waals surface area contributed by atoms with Crippen molar-refractivity contribution in [1.82, 2.24) is 0 Å². The van der Waals surface area contributed by atoms with E-state index in [2.05, 4.69) is 300 Å². The van der Waals surface area contributed by atoms with Crippen LogP contribution in [0.25, 0.3) is 0 Å². The van der Waals surface area contributed by atoms with Crippen LogP contribution >= 0.6 is 34.5 Å². The van der Waals surface area contributed by atoms with Gasteiger partial charge in [0.05, 0.1) is 23.6 Å². The van der Waals surface area contributed by atoms with Gasteiger partial charge in [-0.05, 0) is 231 Å². The van der Waals surface area contributed by atoms with Crippen molar-refractivity contribution in [1.29, 1.82) is 0 Å². The van der Waals surface area contributed by atoms with Crippen molar-refractivity contribution in [3.05, 3.63) is 141 Å². The second-order valence-corrected chi connectivity index (χ2v) is 29.1. The molecule has 6 aliphatic rings. The van der Waals surface area contributed by atoms with Gasteiger partial charge >= 0.3 is 11.9 Å². The Morgan fingerprint density at radius 1 is 0.471 bits per heavy atom. The summed E-state index contributed by atoms with van der Waals surface area (Å²) in [5.41, 5.74) is 4.42. The normalized spacial score (nSPS) is 12.7. The highest BCUT2D eigenvalue weighted by atomic mass is 35.5. The molecule has 2 aromatic rings. The number of esters is 2.